The maximum absolute atomic E-state index is 5.78. The molecule has 0 atom stereocenters. The van der Waals surface area contributed by atoms with E-state index in [9.17, 15) is 0 Å². The molecule has 19 heavy (non-hydrogen) atoms. The summed E-state index contributed by atoms with van der Waals surface area (Å²) in [5.41, 5.74) is 2.57. The van der Waals surface area contributed by atoms with Gasteiger partial charge in [0.15, 0.2) is 0 Å². The van der Waals surface area contributed by atoms with Gasteiger partial charge in [-0.25, -0.2) is 0 Å². The fourth-order valence-electron chi connectivity index (χ4n) is 1.85. The number of ether oxygens (including phenoxy) is 1. The van der Waals surface area contributed by atoms with E-state index in [-0.39, 0.29) is 0 Å². The van der Waals surface area contributed by atoms with Crippen molar-refractivity contribution >= 4 is 31.9 Å². The maximum atomic E-state index is 5.78. The van der Waals surface area contributed by atoms with Crippen molar-refractivity contribution in [2.75, 3.05) is 6.61 Å². The van der Waals surface area contributed by atoms with Gasteiger partial charge in [-0.05, 0) is 42.2 Å². The molecule has 2 rings (SSSR count). The Balaban J connectivity index is 1.80. The molecule has 0 heterocycles. The molecule has 0 aliphatic carbocycles. The highest BCUT2D eigenvalue weighted by molar-refractivity contribution is 9.10. The van der Waals surface area contributed by atoms with Crippen molar-refractivity contribution in [3.05, 3.63) is 64.1 Å². The molecule has 0 bridgehead atoms. The summed E-state index contributed by atoms with van der Waals surface area (Å²) in [5, 5.41) is 0.828. The highest BCUT2D eigenvalue weighted by Gasteiger charge is 2.01. The van der Waals surface area contributed by atoms with Crippen LogP contribution in [0.15, 0.2) is 53.0 Å². The van der Waals surface area contributed by atoms with Crippen molar-refractivity contribution in [3.63, 3.8) is 0 Å². The van der Waals surface area contributed by atoms with Crippen LogP contribution < -0.4 is 4.74 Å². The van der Waals surface area contributed by atoms with Crippen LogP contribution in [-0.4, -0.2) is 6.61 Å². The van der Waals surface area contributed by atoms with Crippen LogP contribution >= 0.6 is 31.9 Å². The molecule has 0 aliphatic rings. The van der Waals surface area contributed by atoms with Gasteiger partial charge < -0.3 is 4.74 Å². The Bertz CT molecular complexity index is 511. The Morgan fingerprint density at radius 2 is 1.79 bits per heavy atom. The Labute approximate surface area is 131 Å². The lowest BCUT2D eigenvalue weighted by molar-refractivity contribution is 0.311. The van der Waals surface area contributed by atoms with Crippen LogP contribution in [0.3, 0.4) is 0 Å². The van der Waals surface area contributed by atoms with Gasteiger partial charge in [0.25, 0.3) is 0 Å². The average molecular weight is 384 g/mol. The first-order chi connectivity index (χ1) is 9.29. The molecule has 0 N–H and O–H groups in total. The molecular weight excluding hydrogens is 368 g/mol. The number of hydrogen-bond donors (Lipinski definition) is 0. The number of halogens is 2. The van der Waals surface area contributed by atoms with E-state index in [1.54, 1.807) is 0 Å². The molecule has 0 spiro atoms. The minimum atomic E-state index is 0.748. The van der Waals surface area contributed by atoms with E-state index in [1.807, 2.05) is 18.2 Å². The predicted octanol–water partition coefficient (Wildman–Crippen LogP) is 5.36. The number of aryl methyl sites for hydroxylation is 1. The van der Waals surface area contributed by atoms with Gasteiger partial charge in [-0.2, -0.15) is 0 Å². The number of alkyl halides is 1. The van der Waals surface area contributed by atoms with Crippen molar-refractivity contribution in [1.29, 1.82) is 0 Å². The normalized spacial score (nSPS) is 10.4. The summed E-state index contributed by atoms with van der Waals surface area (Å²) in [6, 6.07) is 16.6. The van der Waals surface area contributed by atoms with Crippen LogP contribution in [0.5, 0.6) is 5.75 Å². The smallest absolute Gasteiger partial charge is 0.119 e. The zero-order chi connectivity index (χ0) is 13.5. The second kappa shape index (κ2) is 7.71. The summed E-state index contributed by atoms with van der Waals surface area (Å²) in [6.45, 7) is 0.748. The molecule has 3 heteroatoms. The summed E-state index contributed by atoms with van der Waals surface area (Å²) >= 11 is 6.99. The van der Waals surface area contributed by atoms with Crippen LogP contribution in [-0.2, 0) is 11.8 Å². The van der Waals surface area contributed by atoms with Crippen molar-refractivity contribution in [2.24, 2.45) is 0 Å². The Hall–Kier alpha value is -0.800. The topological polar surface area (TPSA) is 9.23 Å². The molecule has 0 unspecified atom stereocenters. The quantitative estimate of drug-likeness (QED) is 0.482. The SMILES string of the molecule is BrCc1cc(OCCCc2ccccc2)ccc1Br. The number of hydrogen-bond acceptors (Lipinski definition) is 1. The van der Waals surface area contributed by atoms with Gasteiger partial charge in [0, 0.05) is 9.80 Å². The van der Waals surface area contributed by atoms with Crippen molar-refractivity contribution in [3.8, 4) is 5.75 Å². The lowest BCUT2D eigenvalue weighted by atomic mass is 10.1. The zero-order valence-electron chi connectivity index (χ0n) is 10.6. The third-order valence-corrected chi connectivity index (χ3v) is 4.26. The molecule has 0 saturated carbocycles. The molecule has 0 aliphatic heterocycles. The molecule has 0 radical (unpaired) electrons. The van der Waals surface area contributed by atoms with Crippen molar-refractivity contribution in [1.82, 2.24) is 0 Å². The number of benzene rings is 2. The van der Waals surface area contributed by atoms with Gasteiger partial charge in [0.05, 0.1) is 6.61 Å². The average Bonchev–Trinajstić information content (AvgIpc) is 2.46. The molecule has 100 valence electrons. The third kappa shape index (κ3) is 4.66. The molecular formula is C16H16Br2O. The van der Waals surface area contributed by atoms with E-state index in [4.69, 9.17) is 4.74 Å². The first-order valence-corrected chi connectivity index (χ1v) is 8.22. The second-order valence-corrected chi connectivity index (χ2v) is 5.74. The summed E-state index contributed by atoms with van der Waals surface area (Å²) < 4.78 is 6.90. The van der Waals surface area contributed by atoms with Gasteiger partial charge in [-0.15, -0.1) is 0 Å². The van der Waals surface area contributed by atoms with Crippen LogP contribution in [0.4, 0.5) is 0 Å². The van der Waals surface area contributed by atoms with Crippen LogP contribution in [0.1, 0.15) is 17.5 Å². The standard InChI is InChI=1S/C16H16Br2O/c17-12-14-11-15(8-9-16(14)18)19-10-4-7-13-5-2-1-3-6-13/h1-3,5-6,8-9,11H,4,7,10,12H2. The Morgan fingerprint density at radius 1 is 1.00 bits per heavy atom. The predicted molar refractivity (Wildman–Crippen MR) is 87.0 cm³/mol. The summed E-state index contributed by atoms with van der Waals surface area (Å²) in [6.07, 6.45) is 2.09. The van der Waals surface area contributed by atoms with Crippen molar-refractivity contribution in [2.45, 2.75) is 18.2 Å². The van der Waals surface area contributed by atoms with Gasteiger partial charge in [-0.1, -0.05) is 62.2 Å². The Kier molecular flexibility index (Phi) is 5.93. The first-order valence-electron chi connectivity index (χ1n) is 6.30. The Morgan fingerprint density at radius 3 is 2.53 bits per heavy atom. The molecule has 0 fully saturated rings. The highest BCUT2D eigenvalue weighted by Crippen LogP contribution is 2.24. The monoisotopic (exact) mass is 382 g/mol. The fourth-order valence-corrected chi connectivity index (χ4v) is 3.08. The van der Waals surface area contributed by atoms with Gasteiger partial charge in [0.2, 0.25) is 0 Å². The molecule has 0 aromatic heterocycles. The third-order valence-electron chi connectivity index (χ3n) is 2.88. The summed E-state index contributed by atoms with van der Waals surface area (Å²) in [7, 11) is 0. The minimum Gasteiger partial charge on any atom is -0.494 e. The van der Waals surface area contributed by atoms with Crippen molar-refractivity contribution < 1.29 is 4.74 Å². The van der Waals surface area contributed by atoms with E-state index < -0.39 is 0 Å². The molecule has 0 saturated heterocycles. The summed E-state index contributed by atoms with van der Waals surface area (Å²) in [4.78, 5) is 0. The van der Waals surface area contributed by atoms with Gasteiger partial charge in [0.1, 0.15) is 5.75 Å². The van der Waals surface area contributed by atoms with E-state index >= 15 is 0 Å². The van der Waals surface area contributed by atoms with Gasteiger partial charge in [-0.3, -0.25) is 0 Å². The van der Waals surface area contributed by atoms with Crippen LogP contribution in [0, 0.1) is 0 Å². The van der Waals surface area contributed by atoms with Gasteiger partial charge >= 0.3 is 0 Å². The number of rotatable bonds is 6. The maximum Gasteiger partial charge on any atom is 0.119 e. The zero-order valence-corrected chi connectivity index (χ0v) is 13.8. The second-order valence-electron chi connectivity index (χ2n) is 4.32. The molecule has 2 aromatic rings. The molecule has 1 nitrogen and oxygen atoms in total. The summed E-state index contributed by atoms with van der Waals surface area (Å²) in [5.74, 6) is 0.936. The van der Waals surface area contributed by atoms with E-state index in [1.165, 1.54) is 11.1 Å². The molecule has 2 aromatic carbocycles. The lowest BCUT2D eigenvalue weighted by Gasteiger charge is -2.08. The lowest BCUT2D eigenvalue weighted by Crippen LogP contribution is -1.99. The van der Waals surface area contributed by atoms with Crippen LogP contribution in [0.2, 0.25) is 0 Å². The largest absolute Gasteiger partial charge is 0.494 e. The molecule has 0 amide bonds. The van der Waals surface area contributed by atoms with Crippen LogP contribution in [0.25, 0.3) is 0 Å². The fraction of sp³-hybridized carbons (Fsp3) is 0.250. The first kappa shape index (κ1) is 14.6. The minimum absolute atomic E-state index is 0.748. The highest BCUT2D eigenvalue weighted by atomic mass is 79.9. The van der Waals surface area contributed by atoms with E-state index in [0.29, 0.717) is 0 Å². The van der Waals surface area contributed by atoms with E-state index in [0.717, 1.165) is 35.0 Å². The van der Waals surface area contributed by atoms with E-state index in [2.05, 4.69) is 62.2 Å².